The molecule has 100 valence electrons. The van der Waals surface area contributed by atoms with Gasteiger partial charge in [-0.15, -0.1) is 0 Å². The monoisotopic (exact) mass is 283 g/mol. The van der Waals surface area contributed by atoms with Gasteiger partial charge in [0.15, 0.2) is 0 Å². The number of rotatable bonds is 3. The molecule has 2 N–H and O–H groups in total. The van der Waals surface area contributed by atoms with Crippen molar-refractivity contribution in [2.45, 2.75) is 9.92 Å². The van der Waals surface area contributed by atoms with E-state index >= 15 is 0 Å². The number of nitrogens with zero attached hydrogens (tertiary/aromatic N) is 2. The number of nitrogens with two attached hydrogens (primary N) is 1. The fourth-order valence-corrected chi connectivity index (χ4v) is 2.76. The number of benzene rings is 2. The van der Waals surface area contributed by atoms with E-state index in [4.69, 9.17) is 10.5 Å². The van der Waals surface area contributed by atoms with Gasteiger partial charge in [0.1, 0.15) is 17.1 Å². The van der Waals surface area contributed by atoms with E-state index in [0.717, 1.165) is 26.6 Å². The SMILES string of the molecule is COc1ccc(Sc2ncnc3ccc(N)cc23)cc1. The van der Waals surface area contributed by atoms with Gasteiger partial charge in [-0.1, -0.05) is 11.8 Å². The summed E-state index contributed by atoms with van der Waals surface area (Å²) in [5, 5.41) is 1.86. The topological polar surface area (TPSA) is 61.0 Å². The summed E-state index contributed by atoms with van der Waals surface area (Å²) in [6.45, 7) is 0. The van der Waals surface area contributed by atoms with E-state index in [1.54, 1.807) is 25.2 Å². The van der Waals surface area contributed by atoms with Crippen LogP contribution in [0.5, 0.6) is 5.75 Å². The second-order valence-corrected chi connectivity index (χ2v) is 5.30. The Morgan fingerprint density at radius 2 is 1.85 bits per heavy atom. The molecule has 3 rings (SSSR count). The van der Waals surface area contributed by atoms with E-state index in [9.17, 15) is 0 Å². The van der Waals surface area contributed by atoms with Crippen LogP contribution in [0.3, 0.4) is 0 Å². The molecule has 0 spiro atoms. The lowest BCUT2D eigenvalue weighted by Gasteiger charge is -2.06. The molecule has 2 aromatic carbocycles. The molecular weight excluding hydrogens is 270 g/mol. The molecule has 0 radical (unpaired) electrons. The van der Waals surface area contributed by atoms with Crippen molar-refractivity contribution in [2.75, 3.05) is 12.8 Å². The minimum Gasteiger partial charge on any atom is -0.497 e. The first-order chi connectivity index (χ1) is 9.76. The van der Waals surface area contributed by atoms with Gasteiger partial charge in [0.05, 0.1) is 12.6 Å². The van der Waals surface area contributed by atoms with E-state index < -0.39 is 0 Å². The number of hydrogen-bond donors (Lipinski definition) is 1. The van der Waals surface area contributed by atoms with E-state index in [1.165, 1.54) is 0 Å². The standard InChI is InChI=1S/C15H13N3OS/c1-19-11-3-5-12(6-4-11)20-15-13-8-10(16)2-7-14(13)17-9-18-15/h2-9H,16H2,1H3. The third kappa shape index (κ3) is 2.53. The molecule has 0 amide bonds. The molecule has 1 heterocycles. The predicted molar refractivity (Wildman–Crippen MR) is 81.1 cm³/mol. The zero-order valence-corrected chi connectivity index (χ0v) is 11.7. The molecule has 20 heavy (non-hydrogen) atoms. The second-order valence-electron chi connectivity index (χ2n) is 4.23. The zero-order chi connectivity index (χ0) is 13.9. The van der Waals surface area contributed by atoms with E-state index in [0.29, 0.717) is 5.69 Å². The number of methoxy groups -OCH3 is 1. The van der Waals surface area contributed by atoms with Crippen LogP contribution in [0, 0.1) is 0 Å². The van der Waals surface area contributed by atoms with Gasteiger partial charge in [0.25, 0.3) is 0 Å². The summed E-state index contributed by atoms with van der Waals surface area (Å²) >= 11 is 1.58. The van der Waals surface area contributed by atoms with E-state index in [1.807, 2.05) is 42.5 Å². The Labute approximate surface area is 121 Å². The first kappa shape index (κ1) is 12.7. The summed E-state index contributed by atoms with van der Waals surface area (Å²) in [6, 6.07) is 13.5. The van der Waals surface area contributed by atoms with Gasteiger partial charge in [-0.25, -0.2) is 9.97 Å². The summed E-state index contributed by atoms with van der Waals surface area (Å²) in [6.07, 6.45) is 1.57. The van der Waals surface area contributed by atoms with Gasteiger partial charge < -0.3 is 10.5 Å². The van der Waals surface area contributed by atoms with Crippen LogP contribution >= 0.6 is 11.8 Å². The van der Waals surface area contributed by atoms with Crippen LogP contribution in [0.25, 0.3) is 10.9 Å². The normalized spacial score (nSPS) is 10.7. The Balaban J connectivity index is 1.99. The second kappa shape index (κ2) is 5.38. The molecule has 0 unspecified atom stereocenters. The number of fused-ring (bicyclic) bond motifs is 1. The van der Waals surface area contributed by atoms with Crippen molar-refractivity contribution < 1.29 is 4.74 Å². The maximum Gasteiger partial charge on any atom is 0.118 e. The third-order valence-electron chi connectivity index (χ3n) is 2.90. The minimum absolute atomic E-state index is 0.712. The van der Waals surface area contributed by atoms with Gasteiger partial charge in [0.2, 0.25) is 0 Å². The Bertz CT molecular complexity index is 744. The summed E-state index contributed by atoms with van der Waals surface area (Å²) in [7, 11) is 1.66. The molecule has 0 aliphatic rings. The van der Waals surface area contributed by atoms with Crippen LogP contribution in [0.2, 0.25) is 0 Å². The zero-order valence-electron chi connectivity index (χ0n) is 10.9. The van der Waals surface area contributed by atoms with Gasteiger partial charge in [-0.3, -0.25) is 0 Å². The van der Waals surface area contributed by atoms with Crippen molar-refractivity contribution in [3.05, 3.63) is 48.8 Å². The molecule has 3 aromatic rings. The molecular formula is C15H13N3OS. The summed E-state index contributed by atoms with van der Waals surface area (Å²) in [5.74, 6) is 0.839. The highest BCUT2D eigenvalue weighted by Gasteiger charge is 2.06. The largest absolute Gasteiger partial charge is 0.497 e. The molecule has 4 nitrogen and oxygen atoms in total. The Morgan fingerprint density at radius 3 is 2.60 bits per heavy atom. The van der Waals surface area contributed by atoms with E-state index in [2.05, 4.69) is 9.97 Å². The lowest BCUT2D eigenvalue weighted by molar-refractivity contribution is 0.414. The van der Waals surface area contributed by atoms with E-state index in [-0.39, 0.29) is 0 Å². The Kier molecular flexibility index (Phi) is 3.43. The number of nitrogen functional groups attached to an aromatic ring is 1. The fourth-order valence-electron chi connectivity index (χ4n) is 1.89. The molecule has 1 aromatic heterocycles. The molecule has 0 bridgehead atoms. The van der Waals surface area contributed by atoms with Crippen LogP contribution in [0.1, 0.15) is 0 Å². The minimum atomic E-state index is 0.712. The van der Waals surface area contributed by atoms with Crippen LogP contribution in [0.15, 0.2) is 58.7 Å². The van der Waals surface area contributed by atoms with Crippen LogP contribution in [-0.2, 0) is 0 Å². The average Bonchev–Trinajstić information content (AvgIpc) is 2.49. The third-order valence-corrected chi connectivity index (χ3v) is 3.92. The van der Waals surface area contributed by atoms with Crippen molar-refractivity contribution in [3.63, 3.8) is 0 Å². The van der Waals surface area contributed by atoms with Crippen LogP contribution in [-0.4, -0.2) is 17.1 Å². The predicted octanol–water partition coefficient (Wildman–Crippen LogP) is 3.37. The van der Waals surface area contributed by atoms with Gasteiger partial charge in [-0.05, 0) is 42.5 Å². The lowest BCUT2D eigenvalue weighted by atomic mass is 10.2. The first-order valence-electron chi connectivity index (χ1n) is 6.08. The lowest BCUT2D eigenvalue weighted by Crippen LogP contribution is -1.90. The van der Waals surface area contributed by atoms with Crippen molar-refractivity contribution in [2.24, 2.45) is 0 Å². The van der Waals surface area contributed by atoms with Crippen molar-refractivity contribution >= 4 is 28.4 Å². The number of hydrogen-bond acceptors (Lipinski definition) is 5. The van der Waals surface area contributed by atoms with Gasteiger partial charge in [0, 0.05) is 16.0 Å². The Morgan fingerprint density at radius 1 is 1.05 bits per heavy atom. The van der Waals surface area contributed by atoms with Crippen LogP contribution in [0.4, 0.5) is 5.69 Å². The first-order valence-corrected chi connectivity index (χ1v) is 6.90. The summed E-state index contributed by atoms with van der Waals surface area (Å²) in [5.41, 5.74) is 7.45. The maximum absolute atomic E-state index is 5.84. The van der Waals surface area contributed by atoms with Crippen molar-refractivity contribution in [1.29, 1.82) is 0 Å². The smallest absolute Gasteiger partial charge is 0.118 e. The molecule has 0 aliphatic heterocycles. The highest BCUT2D eigenvalue weighted by atomic mass is 32.2. The summed E-state index contributed by atoms with van der Waals surface area (Å²) < 4.78 is 5.15. The van der Waals surface area contributed by atoms with Crippen LogP contribution < -0.4 is 10.5 Å². The molecule has 5 heteroatoms. The van der Waals surface area contributed by atoms with Crippen molar-refractivity contribution in [1.82, 2.24) is 9.97 Å². The molecule has 0 saturated heterocycles. The van der Waals surface area contributed by atoms with Crippen molar-refractivity contribution in [3.8, 4) is 5.75 Å². The maximum atomic E-state index is 5.84. The Hall–Kier alpha value is -2.27. The molecule has 0 fully saturated rings. The van der Waals surface area contributed by atoms with Gasteiger partial charge >= 0.3 is 0 Å². The highest BCUT2D eigenvalue weighted by molar-refractivity contribution is 7.99. The molecule has 0 atom stereocenters. The number of anilines is 1. The number of ether oxygens (including phenoxy) is 1. The highest BCUT2D eigenvalue weighted by Crippen LogP contribution is 2.32. The quantitative estimate of drug-likeness (QED) is 0.590. The number of aromatic nitrogens is 2. The fraction of sp³-hybridized carbons (Fsp3) is 0.0667. The summed E-state index contributed by atoms with van der Waals surface area (Å²) in [4.78, 5) is 9.69. The average molecular weight is 283 g/mol. The molecule has 0 saturated carbocycles. The van der Waals surface area contributed by atoms with Gasteiger partial charge in [-0.2, -0.15) is 0 Å². The molecule has 0 aliphatic carbocycles.